The van der Waals surface area contributed by atoms with Gasteiger partial charge in [-0.15, -0.1) is 0 Å². The Morgan fingerprint density at radius 1 is 1.11 bits per heavy atom. The normalized spacial score (nSPS) is 20.3. The summed E-state index contributed by atoms with van der Waals surface area (Å²) in [5.41, 5.74) is 2.68. The molecule has 1 aliphatic heterocycles. The first kappa shape index (κ1) is 19.8. The van der Waals surface area contributed by atoms with E-state index in [1.165, 1.54) is 6.42 Å². The Morgan fingerprint density at radius 2 is 1.81 bits per heavy atom. The molecule has 1 aromatic rings. The third-order valence-corrected chi connectivity index (χ3v) is 5.90. The van der Waals surface area contributed by atoms with Crippen LogP contribution in [0.2, 0.25) is 0 Å². The average molecular weight is 373 g/mol. The van der Waals surface area contributed by atoms with Crippen LogP contribution in [0.25, 0.3) is 0 Å². The number of carbonyl (C=O) groups is 2. The zero-order valence-corrected chi connectivity index (χ0v) is 16.9. The number of likely N-dealkylation sites (tertiary alicyclic amines) is 1. The van der Waals surface area contributed by atoms with Gasteiger partial charge >= 0.3 is 0 Å². The van der Waals surface area contributed by atoms with E-state index in [1.807, 2.05) is 25.7 Å². The van der Waals surface area contributed by atoms with Crippen LogP contribution in [-0.4, -0.2) is 46.3 Å². The summed E-state index contributed by atoms with van der Waals surface area (Å²) in [6, 6.07) is 0. The maximum absolute atomic E-state index is 12.6. The fourth-order valence-corrected chi connectivity index (χ4v) is 3.99. The Kier molecular flexibility index (Phi) is 6.45. The van der Waals surface area contributed by atoms with Crippen LogP contribution in [-0.2, 0) is 16.0 Å². The van der Waals surface area contributed by atoms with Crippen LogP contribution in [0.1, 0.15) is 74.1 Å². The lowest BCUT2D eigenvalue weighted by molar-refractivity contribution is -0.139. The molecule has 2 amide bonds. The van der Waals surface area contributed by atoms with Gasteiger partial charge in [0.15, 0.2) is 0 Å². The lowest BCUT2D eigenvalue weighted by Crippen LogP contribution is -2.44. The van der Waals surface area contributed by atoms with Crippen LogP contribution in [0.3, 0.4) is 0 Å². The Hall–Kier alpha value is -1.98. The number of aryl methyl sites for hydroxylation is 2. The van der Waals surface area contributed by atoms with Gasteiger partial charge in [-0.3, -0.25) is 9.59 Å². The summed E-state index contributed by atoms with van der Waals surface area (Å²) in [6.45, 7) is 8.24. The number of nitrogens with one attached hydrogen (secondary N) is 1. The van der Waals surface area contributed by atoms with E-state index >= 15 is 0 Å². The van der Waals surface area contributed by atoms with Crippen molar-refractivity contribution in [3.63, 3.8) is 0 Å². The van der Waals surface area contributed by atoms with E-state index in [2.05, 4.69) is 5.32 Å². The van der Waals surface area contributed by atoms with Crippen LogP contribution in [0.15, 0.2) is 0 Å². The van der Waals surface area contributed by atoms with Crippen LogP contribution in [0, 0.1) is 19.8 Å². The molecule has 1 aliphatic carbocycles. The molecule has 1 N–H and O–H groups in total. The van der Waals surface area contributed by atoms with Gasteiger partial charge in [0.25, 0.3) is 0 Å². The van der Waals surface area contributed by atoms with Gasteiger partial charge in [-0.25, -0.2) is 9.97 Å². The fourth-order valence-electron chi connectivity index (χ4n) is 3.99. The molecule has 1 saturated heterocycles. The van der Waals surface area contributed by atoms with Crippen molar-refractivity contribution in [3.05, 3.63) is 22.8 Å². The molecule has 2 aliphatic rings. The lowest BCUT2D eigenvalue weighted by Gasteiger charge is -2.37. The quantitative estimate of drug-likeness (QED) is 0.833. The zero-order chi connectivity index (χ0) is 19.4. The Bertz CT molecular complexity index is 676. The molecule has 0 spiro atoms. The monoisotopic (exact) mass is 372 g/mol. The van der Waals surface area contributed by atoms with Crippen molar-refractivity contribution in [2.45, 2.75) is 71.6 Å². The summed E-state index contributed by atoms with van der Waals surface area (Å²) >= 11 is 0. The number of nitrogens with zero attached hydrogens (tertiary/aromatic N) is 3. The van der Waals surface area contributed by atoms with E-state index in [9.17, 15) is 9.59 Å². The average Bonchev–Trinajstić information content (AvgIpc) is 2.61. The maximum atomic E-state index is 12.6. The Morgan fingerprint density at radius 3 is 2.41 bits per heavy atom. The van der Waals surface area contributed by atoms with E-state index in [1.54, 1.807) is 0 Å². The van der Waals surface area contributed by atoms with Gasteiger partial charge in [0.05, 0.1) is 6.42 Å². The first-order valence-corrected chi connectivity index (χ1v) is 10.4. The Labute approximate surface area is 162 Å². The number of piperidine rings is 1. The lowest BCUT2D eigenvalue weighted by atomic mass is 9.83. The van der Waals surface area contributed by atoms with Crippen LogP contribution >= 0.6 is 0 Å². The molecule has 0 aromatic carbocycles. The van der Waals surface area contributed by atoms with Crippen molar-refractivity contribution in [2.75, 3.05) is 19.6 Å². The molecule has 2 heterocycles. The highest BCUT2D eigenvalue weighted by Gasteiger charge is 2.33. The van der Waals surface area contributed by atoms with Crippen LogP contribution in [0.4, 0.5) is 0 Å². The van der Waals surface area contributed by atoms with E-state index < -0.39 is 0 Å². The summed E-state index contributed by atoms with van der Waals surface area (Å²) < 4.78 is 0. The summed E-state index contributed by atoms with van der Waals surface area (Å²) in [6.07, 6.45) is 6.55. The largest absolute Gasteiger partial charge is 0.356 e. The van der Waals surface area contributed by atoms with Gasteiger partial charge in [-0.1, -0.05) is 13.3 Å². The molecule has 3 rings (SSSR count). The van der Waals surface area contributed by atoms with Crippen molar-refractivity contribution in [1.29, 1.82) is 0 Å². The highest BCUT2D eigenvalue weighted by molar-refractivity contribution is 5.80. The van der Waals surface area contributed by atoms with Crippen LogP contribution in [0.5, 0.6) is 0 Å². The standard InChI is InChI=1S/C21H32N4O2/c1-4-10-22-19(26)12-18-14(2)23-20(24-15(18)3)17-9-6-11-25(13-17)21(27)16-7-5-8-16/h16-17H,4-13H2,1-3H3,(H,22,26). The predicted molar refractivity (Wildman–Crippen MR) is 104 cm³/mol. The summed E-state index contributed by atoms with van der Waals surface area (Å²) in [5.74, 6) is 1.62. The second-order valence-electron chi connectivity index (χ2n) is 8.01. The first-order chi connectivity index (χ1) is 13.0. The minimum absolute atomic E-state index is 0.0225. The molecule has 0 radical (unpaired) electrons. The summed E-state index contributed by atoms with van der Waals surface area (Å²) in [7, 11) is 0. The maximum Gasteiger partial charge on any atom is 0.225 e. The minimum atomic E-state index is 0.0225. The van der Waals surface area contributed by atoms with Gasteiger partial charge < -0.3 is 10.2 Å². The van der Waals surface area contributed by atoms with E-state index in [0.29, 0.717) is 18.9 Å². The minimum Gasteiger partial charge on any atom is -0.356 e. The Balaban J connectivity index is 1.69. The molecule has 1 unspecified atom stereocenters. The van der Waals surface area contributed by atoms with Crippen molar-refractivity contribution < 1.29 is 9.59 Å². The van der Waals surface area contributed by atoms with Gasteiger partial charge in [0, 0.05) is 48.4 Å². The fraction of sp³-hybridized carbons (Fsp3) is 0.714. The van der Waals surface area contributed by atoms with Gasteiger partial charge in [0.1, 0.15) is 5.82 Å². The third-order valence-electron chi connectivity index (χ3n) is 5.90. The highest BCUT2D eigenvalue weighted by atomic mass is 16.2. The topological polar surface area (TPSA) is 75.2 Å². The van der Waals surface area contributed by atoms with Crippen molar-refractivity contribution >= 4 is 11.8 Å². The van der Waals surface area contributed by atoms with E-state index in [-0.39, 0.29) is 17.7 Å². The summed E-state index contributed by atoms with van der Waals surface area (Å²) in [4.78, 5) is 36.2. The van der Waals surface area contributed by atoms with Crippen molar-refractivity contribution in [2.24, 2.45) is 5.92 Å². The second-order valence-corrected chi connectivity index (χ2v) is 8.01. The number of hydrogen-bond acceptors (Lipinski definition) is 4. The molecular formula is C21H32N4O2. The number of hydrogen-bond donors (Lipinski definition) is 1. The molecule has 6 heteroatoms. The number of amides is 2. The number of carbonyl (C=O) groups excluding carboxylic acids is 2. The molecule has 2 fully saturated rings. The molecule has 0 bridgehead atoms. The molecule has 27 heavy (non-hydrogen) atoms. The molecular weight excluding hydrogens is 340 g/mol. The summed E-state index contributed by atoms with van der Waals surface area (Å²) in [5, 5.41) is 2.91. The molecule has 1 atom stereocenters. The third kappa shape index (κ3) is 4.66. The molecule has 1 aromatic heterocycles. The van der Waals surface area contributed by atoms with Crippen LogP contribution < -0.4 is 5.32 Å². The van der Waals surface area contributed by atoms with Gasteiger partial charge in [-0.05, 0) is 46.0 Å². The molecule has 1 saturated carbocycles. The predicted octanol–water partition coefficient (Wildman–Crippen LogP) is 2.67. The number of rotatable bonds is 6. The SMILES string of the molecule is CCCNC(=O)Cc1c(C)nc(C2CCCN(C(=O)C3CCC3)C2)nc1C. The molecule has 6 nitrogen and oxygen atoms in total. The van der Waals surface area contributed by atoms with Gasteiger partial charge in [-0.2, -0.15) is 0 Å². The zero-order valence-electron chi connectivity index (χ0n) is 16.9. The van der Waals surface area contributed by atoms with Crippen molar-refractivity contribution in [3.8, 4) is 0 Å². The second kappa shape index (κ2) is 8.81. The molecule has 148 valence electrons. The van der Waals surface area contributed by atoms with Gasteiger partial charge in [0.2, 0.25) is 11.8 Å². The highest BCUT2D eigenvalue weighted by Crippen LogP contribution is 2.32. The van der Waals surface area contributed by atoms with E-state index in [0.717, 1.165) is 68.0 Å². The van der Waals surface area contributed by atoms with E-state index in [4.69, 9.17) is 9.97 Å². The number of aromatic nitrogens is 2. The smallest absolute Gasteiger partial charge is 0.225 e. The first-order valence-electron chi connectivity index (χ1n) is 10.4. The van der Waals surface area contributed by atoms with Crippen molar-refractivity contribution in [1.82, 2.24) is 20.2 Å².